The van der Waals surface area contributed by atoms with Crippen molar-refractivity contribution in [3.63, 3.8) is 0 Å². The first-order valence-corrected chi connectivity index (χ1v) is 33.3. The lowest BCUT2D eigenvalue weighted by molar-refractivity contribution is -0.143. The molecule has 91 heavy (non-hydrogen) atoms. The van der Waals surface area contributed by atoms with Crippen molar-refractivity contribution in [1.82, 2.24) is 37.2 Å². The van der Waals surface area contributed by atoms with Crippen molar-refractivity contribution >= 4 is 58.9 Å². The molecular formula is C65H111N9O17. The largest absolute Gasteiger partial charge is 0.508 e. The zero-order chi connectivity index (χ0) is 66.7. The molecule has 1 aliphatic rings. The summed E-state index contributed by atoms with van der Waals surface area (Å²) in [6, 6.07) is 2.77. The number of aliphatic carboxylic acids is 2. The van der Waals surface area contributed by atoms with E-state index in [1.165, 1.54) is 76.3 Å². The number of hydrogen-bond donors (Lipinski definition) is 12. The average molecular weight is 1290 g/mol. The summed E-state index contributed by atoms with van der Waals surface area (Å²) in [6.07, 6.45) is 23.5. The summed E-state index contributed by atoms with van der Waals surface area (Å²) in [4.78, 5) is 122. The Morgan fingerprint density at radius 3 is 1.49 bits per heavy atom. The molecular weight excluding hydrogens is 1180 g/mol. The van der Waals surface area contributed by atoms with Crippen LogP contribution in [-0.2, 0) is 73.3 Å². The molecule has 1 aliphatic carbocycles. The van der Waals surface area contributed by atoms with Crippen molar-refractivity contribution in [2.75, 3.05) is 92.1 Å². The number of rotatable bonds is 59. The third-order valence-electron chi connectivity index (χ3n) is 15.9. The highest BCUT2D eigenvalue weighted by Crippen LogP contribution is 2.29. The minimum Gasteiger partial charge on any atom is -0.508 e. The standard InChI is InChI=1S/C65H111N9O17/c1-48(66)56(76)44-71-53(57(77)45-72-55(63(67)84)42-49-25-29-52(75)30-26-49)20-18-19-33-68-60(80)46-90-40-39-89-37-35-70-61(81)47-91-41-38-88-36-34-69-59(79)32-31-54(65(86)87)74-64(85)51-27-23-50(24-28-51)43-73-58(78)21-16-14-12-10-8-6-4-2-3-5-7-9-11-13-15-17-22-62(82)83/h25-26,29-30,48,50-51,53-55,71-72,75H,2-24,27-28,31-47,66H2,1H3,(H2,67,84)(H,68,80)(H,69,79)(H,70,81)(H,73,78)(H,74,85)(H,82,83)(H,86,87)/t48-,50-,51-,53-,54-,55-/m0/s1. The van der Waals surface area contributed by atoms with Gasteiger partial charge in [-0.3, -0.25) is 48.5 Å². The maximum atomic E-state index is 13.2. The van der Waals surface area contributed by atoms with Gasteiger partial charge in [-0.15, -0.1) is 0 Å². The van der Waals surface area contributed by atoms with Gasteiger partial charge in [-0.25, -0.2) is 4.79 Å². The van der Waals surface area contributed by atoms with Gasteiger partial charge in [0.2, 0.25) is 35.4 Å². The number of hydrogen-bond acceptors (Lipinski definition) is 18. The number of aromatic hydroxyl groups is 1. The molecule has 0 spiro atoms. The number of phenols is 1. The van der Waals surface area contributed by atoms with E-state index >= 15 is 0 Å². The lowest BCUT2D eigenvalue weighted by Crippen LogP contribution is -2.50. The van der Waals surface area contributed by atoms with Crippen LogP contribution in [0.5, 0.6) is 5.75 Å². The molecule has 1 aromatic rings. The fourth-order valence-corrected chi connectivity index (χ4v) is 10.3. The Balaban J connectivity index is 1.41. The predicted molar refractivity (Wildman–Crippen MR) is 342 cm³/mol. The third kappa shape index (κ3) is 44.1. The Bertz CT molecular complexity index is 2240. The van der Waals surface area contributed by atoms with Gasteiger partial charge in [0.05, 0.1) is 70.9 Å². The van der Waals surface area contributed by atoms with Crippen molar-refractivity contribution in [2.45, 2.75) is 211 Å². The number of carboxylic acid groups (broad SMARTS) is 2. The first-order chi connectivity index (χ1) is 43.8. The molecule has 0 heterocycles. The molecule has 14 N–H and O–H groups in total. The highest BCUT2D eigenvalue weighted by atomic mass is 16.5. The summed E-state index contributed by atoms with van der Waals surface area (Å²) in [5, 5.41) is 47.6. The van der Waals surface area contributed by atoms with Crippen LogP contribution in [0.4, 0.5) is 0 Å². The van der Waals surface area contributed by atoms with Gasteiger partial charge in [0.1, 0.15) is 25.0 Å². The Morgan fingerprint density at radius 2 is 0.978 bits per heavy atom. The second-order valence-electron chi connectivity index (χ2n) is 23.7. The van der Waals surface area contributed by atoms with E-state index in [-0.39, 0.29) is 163 Å². The predicted octanol–water partition coefficient (Wildman–Crippen LogP) is 3.79. The number of nitrogens with two attached hydrogens (primary N) is 2. The van der Waals surface area contributed by atoms with Gasteiger partial charge < -0.3 is 77.6 Å². The van der Waals surface area contributed by atoms with Gasteiger partial charge in [-0.05, 0) is 101 Å². The van der Waals surface area contributed by atoms with Crippen LogP contribution in [0.25, 0.3) is 0 Å². The molecule has 4 atom stereocenters. The molecule has 0 radical (unpaired) electrons. The van der Waals surface area contributed by atoms with Crippen LogP contribution in [0, 0.1) is 11.8 Å². The van der Waals surface area contributed by atoms with Gasteiger partial charge in [-0.2, -0.15) is 0 Å². The zero-order valence-corrected chi connectivity index (χ0v) is 54.2. The summed E-state index contributed by atoms with van der Waals surface area (Å²) >= 11 is 0. The van der Waals surface area contributed by atoms with Crippen LogP contribution in [0.1, 0.15) is 186 Å². The van der Waals surface area contributed by atoms with Crippen molar-refractivity contribution in [1.29, 1.82) is 0 Å². The van der Waals surface area contributed by atoms with Crippen LogP contribution in [0.2, 0.25) is 0 Å². The number of unbranched alkanes of at least 4 members (excludes halogenated alkanes) is 16. The number of amides is 6. The van der Waals surface area contributed by atoms with E-state index in [1.807, 2.05) is 0 Å². The van der Waals surface area contributed by atoms with Gasteiger partial charge >= 0.3 is 11.9 Å². The number of carbonyl (C=O) groups excluding carboxylic acids is 8. The second-order valence-corrected chi connectivity index (χ2v) is 23.7. The van der Waals surface area contributed by atoms with Crippen molar-refractivity contribution < 1.29 is 82.2 Å². The second kappa shape index (κ2) is 52.3. The summed E-state index contributed by atoms with van der Waals surface area (Å²) in [6.45, 7) is 3.05. The molecule has 518 valence electrons. The van der Waals surface area contributed by atoms with E-state index in [4.69, 9.17) is 35.5 Å². The van der Waals surface area contributed by atoms with Crippen molar-refractivity contribution in [2.24, 2.45) is 23.3 Å². The topological polar surface area (TPSA) is 405 Å². The molecule has 2 rings (SSSR count). The normalized spacial score (nSPS) is 15.1. The Hall–Kier alpha value is -6.16. The smallest absolute Gasteiger partial charge is 0.326 e. The molecule has 1 aromatic carbocycles. The van der Waals surface area contributed by atoms with Gasteiger partial charge in [0.25, 0.3) is 0 Å². The Labute approximate surface area is 538 Å². The first kappa shape index (κ1) is 80.9. The maximum Gasteiger partial charge on any atom is 0.326 e. The molecule has 1 fully saturated rings. The van der Waals surface area contributed by atoms with Crippen LogP contribution >= 0.6 is 0 Å². The van der Waals surface area contributed by atoms with Crippen LogP contribution in [0.15, 0.2) is 24.3 Å². The SMILES string of the molecule is C[C@H](N)C(=O)CN[C@@H](CCCCNC(=O)COCCOCCNC(=O)COCCOCCNC(=O)CC[C@H](NC(=O)[C@H]1CC[C@H](CNC(=O)CCCCCCCCCCCCCCCCCCC(=O)O)CC1)C(=O)O)C(=O)CN[C@@H](Cc1ccc(O)cc1)C(N)=O. The summed E-state index contributed by atoms with van der Waals surface area (Å²) in [7, 11) is 0. The van der Waals surface area contributed by atoms with Crippen molar-refractivity contribution in [3.05, 3.63) is 29.8 Å². The molecule has 1 saturated carbocycles. The summed E-state index contributed by atoms with van der Waals surface area (Å²) in [5.41, 5.74) is 12.0. The molecule has 26 heteroatoms. The van der Waals surface area contributed by atoms with E-state index < -0.39 is 42.0 Å². The molecule has 0 bridgehead atoms. The van der Waals surface area contributed by atoms with E-state index in [0.717, 1.165) is 56.9 Å². The van der Waals surface area contributed by atoms with Crippen LogP contribution in [-0.4, -0.2) is 191 Å². The first-order valence-electron chi connectivity index (χ1n) is 33.3. The molecule has 26 nitrogen and oxygen atoms in total. The third-order valence-corrected chi connectivity index (χ3v) is 15.9. The lowest BCUT2D eigenvalue weighted by atomic mass is 9.81. The number of phenolic OH excluding ortho intramolecular Hbond substituents is 1. The monoisotopic (exact) mass is 1290 g/mol. The van der Waals surface area contributed by atoms with Gasteiger partial charge in [0, 0.05) is 51.4 Å². The fraction of sp³-hybridized carbons (Fsp3) is 0.754. The van der Waals surface area contributed by atoms with Crippen molar-refractivity contribution in [3.8, 4) is 5.75 Å². The number of carboxylic acids is 2. The van der Waals surface area contributed by atoms with Gasteiger partial charge in [-0.1, -0.05) is 102 Å². The summed E-state index contributed by atoms with van der Waals surface area (Å²) < 4.78 is 21.6. The minimum atomic E-state index is -1.22. The highest BCUT2D eigenvalue weighted by molar-refractivity contribution is 5.89. The van der Waals surface area contributed by atoms with E-state index in [0.29, 0.717) is 51.6 Å². The maximum absolute atomic E-state index is 13.2. The minimum absolute atomic E-state index is 0.0578. The molecule has 6 amide bonds. The molecule has 0 saturated heterocycles. The number of Topliss-reactive ketones (excluding diaryl/α,β-unsaturated/α-hetero) is 2. The molecule has 0 unspecified atom stereocenters. The average Bonchev–Trinajstić information content (AvgIpc) is 2.00. The van der Waals surface area contributed by atoms with E-state index in [1.54, 1.807) is 19.1 Å². The number of nitrogens with one attached hydrogen (secondary N) is 7. The molecule has 0 aliphatic heterocycles. The number of carbonyl (C=O) groups is 10. The Morgan fingerprint density at radius 1 is 0.505 bits per heavy atom. The molecule has 0 aromatic heterocycles. The summed E-state index contributed by atoms with van der Waals surface area (Å²) in [5.74, 6) is -4.49. The van der Waals surface area contributed by atoms with Crippen LogP contribution in [0.3, 0.4) is 0 Å². The number of ketones is 2. The number of benzene rings is 1. The van der Waals surface area contributed by atoms with Gasteiger partial charge in [0.15, 0.2) is 11.6 Å². The van der Waals surface area contributed by atoms with Crippen LogP contribution < -0.4 is 48.7 Å². The highest BCUT2D eigenvalue weighted by Gasteiger charge is 2.30. The Kier molecular flexibility index (Phi) is 46.6. The fourth-order valence-electron chi connectivity index (χ4n) is 10.3. The quantitative estimate of drug-likeness (QED) is 0.0413. The van der Waals surface area contributed by atoms with E-state index in [9.17, 15) is 58.2 Å². The van der Waals surface area contributed by atoms with E-state index in [2.05, 4.69) is 37.2 Å². The lowest BCUT2D eigenvalue weighted by Gasteiger charge is -2.28. The zero-order valence-electron chi connectivity index (χ0n) is 54.2. The number of ether oxygens (including phenoxy) is 4. The number of primary amides is 1.